The number of benzene rings is 1. The molecule has 9 nitrogen and oxygen atoms in total. The van der Waals surface area contributed by atoms with Gasteiger partial charge in [-0.3, -0.25) is 14.9 Å². The van der Waals surface area contributed by atoms with Crippen molar-refractivity contribution in [2.24, 2.45) is 11.7 Å². The Bertz CT molecular complexity index is 772. The van der Waals surface area contributed by atoms with E-state index < -0.39 is 40.0 Å². The molecule has 0 spiro atoms. The smallest absolute Gasteiger partial charge is 0.318 e. The summed E-state index contributed by atoms with van der Waals surface area (Å²) in [6.45, 7) is 1.68. The largest absolute Gasteiger partial charge is 0.452 e. The zero-order chi connectivity index (χ0) is 19.3. The standard InChI is InChI=1S/C16H21N3O6S/c1-11(14(20)18-16(17)22)25-15(21)12-7-9-19(10-8-12)26(23,24)13-5-3-2-4-6-13/h2-6,11-12H,7-10H2,1H3,(H3,17,18,20,22). The molecule has 2 rings (SSSR count). The highest BCUT2D eigenvalue weighted by atomic mass is 32.2. The van der Waals surface area contributed by atoms with E-state index in [0.717, 1.165) is 0 Å². The molecule has 10 heteroatoms. The van der Waals surface area contributed by atoms with Gasteiger partial charge in [0.15, 0.2) is 6.10 Å². The molecular formula is C16H21N3O6S. The lowest BCUT2D eigenvalue weighted by atomic mass is 9.98. The van der Waals surface area contributed by atoms with Gasteiger partial charge in [0.25, 0.3) is 5.91 Å². The maximum atomic E-state index is 12.5. The van der Waals surface area contributed by atoms with Crippen LogP contribution in [0.2, 0.25) is 0 Å². The number of sulfonamides is 1. The molecule has 1 fully saturated rings. The number of primary amides is 1. The number of imide groups is 1. The molecule has 0 aromatic heterocycles. The summed E-state index contributed by atoms with van der Waals surface area (Å²) < 4.78 is 31.5. The van der Waals surface area contributed by atoms with Crippen molar-refractivity contribution >= 4 is 27.9 Å². The molecule has 1 saturated heterocycles. The Morgan fingerprint density at radius 3 is 2.31 bits per heavy atom. The summed E-state index contributed by atoms with van der Waals surface area (Å²) in [5.41, 5.74) is 4.83. The van der Waals surface area contributed by atoms with Crippen molar-refractivity contribution in [2.75, 3.05) is 13.1 Å². The first-order chi connectivity index (χ1) is 12.2. The van der Waals surface area contributed by atoms with Crippen LogP contribution in [0.1, 0.15) is 19.8 Å². The number of ether oxygens (including phenoxy) is 1. The average molecular weight is 383 g/mol. The van der Waals surface area contributed by atoms with Gasteiger partial charge >= 0.3 is 12.0 Å². The van der Waals surface area contributed by atoms with E-state index in [9.17, 15) is 22.8 Å². The number of nitrogens with two attached hydrogens (primary N) is 1. The fourth-order valence-corrected chi connectivity index (χ4v) is 4.11. The minimum Gasteiger partial charge on any atom is -0.452 e. The second kappa shape index (κ2) is 8.28. The zero-order valence-corrected chi connectivity index (χ0v) is 15.1. The molecule has 1 aliphatic rings. The van der Waals surface area contributed by atoms with E-state index in [-0.39, 0.29) is 30.8 Å². The molecule has 0 bridgehead atoms. The second-order valence-electron chi connectivity index (χ2n) is 5.92. The van der Waals surface area contributed by atoms with Crippen LogP contribution < -0.4 is 11.1 Å². The Labute approximate surface area is 151 Å². The van der Waals surface area contributed by atoms with E-state index in [1.165, 1.54) is 23.4 Å². The summed E-state index contributed by atoms with van der Waals surface area (Å²) in [6.07, 6.45) is -0.592. The van der Waals surface area contributed by atoms with E-state index in [0.29, 0.717) is 0 Å². The number of hydrogen-bond donors (Lipinski definition) is 2. The summed E-state index contributed by atoms with van der Waals surface area (Å²) in [4.78, 5) is 34.5. The van der Waals surface area contributed by atoms with Crippen LogP contribution in [0.4, 0.5) is 4.79 Å². The summed E-state index contributed by atoms with van der Waals surface area (Å²) in [5, 5.41) is 1.83. The maximum Gasteiger partial charge on any atom is 0.318 e. The monoisotopic (exact) mass is 383 g/mol. The van der Waals surface area contributed by atoms with Crippen LogP contribution in [-0.4, -0.2) is 49.8 Å². The van der Waals surface area contributed by atoms with Crippen molar-refractivity contribution in [2.45, 2.75) is 30.8 Å². The number of nitrogens with zero attached hydrogens (tertiary/aromatic N) is 1. The normalized spacial score (nSPS) is 17.3. The number of carbonyl (C=O) groups excluding carboxylic acids is 3. The highest BCUT2D eigenvalue weighted by Crippen LogP contribution is 2.24. The molecule has 142 valence electrons. The zero-order valence-electron chi connectivity index (χ0n) is 14.3. The Balaban J connectivity index is 1.91. The molecule has 26 heavy (non-hydrogen) atoms. The fraction of sp³-hybridized carbons (Fsp3) is 0.438. The van der Waals surface area contributed by atoms with Gasteiger partial charge in [0.05, 0.1) is 10.8 Å². The van der Waals surface area contributed by atoms with E-state index >= 15 is 0 Å². The molecule has 1 aliphatic heterocycles. The first kappa shape index (κ1) is 19.9. The minimum absolute atomic E-state index is 0.179. The summed E-state index contributed by atoms with van der Waals surface area (Å²) >= 11 is 0. The molecular weight excluding hydrogens is 362 g/mol. The number of carbonyl (C=O) groups is 3. The maximum absolute atomic E-state index is 12.5. The first-order valence-corrected chi connectivity index (χ1v) is 9.52. The van der Waals surface area contributed by atoms with Crippen molar-refractivity contribution in [3.05, 3.63) is 30.3 Å². The molecule has 0 saturated carbocycles. The van der Waals surface area contributed by atoms with Gasteiger partial charge in [0.1, 0.15) is 0 Å². The Morgan fingerprint density at radius 1 is 1.19 bits per heavy atom. The van der Waals surface area contributed by atoms with Crippen LogP contribution >= 0.6 is 0 Å². The predicted molar refractivity (Wildman–Crippen MR) is 91.2 cm³/mol. The van der Waals surface area contributed by atoms with E-state index in [1.54, 1.807) is 18.2 Å². The van der Waals surface area contributed by atoms with Gasteiger partial charge in [-0.05, 0) is 31.9 Å². The van der Waals surface area contributed by atoms with E-state index in [1.807, 2.05) is 5.32 Å². The van der Waals surface area contributed by atoms with Crippen molar-refractivity contribution in [3.63, 3.8) is 0 Å². The number of rotatable bonds is 5. The van der Waals surface area contributed by atoms with Crippen LogP contribution in [0.25, 0.3) is 0 Å². The first-order valence-electron chi connectivity index (χ1n) is 8.08. The van der Waals surface area contributed by atoms with Crippen molar-refractivity contribution in [3.8, 4) is 0 Å². The van der Waals surface area contributed by atoms with Gasteiger partial charge in [-0.25, -0.2) is 13.2 Å². The van der Waals surface area contributed by atoms with Crippen LogP contribution in [0.15, 0.2) is 35.2 Å². The third kappa shape index (κ3) is 4.79. The highest BCUT2D eigenvalue weighted by molar-refractivity contribution is 7.89. The summed E-state index contributed by atoms with van der Waals surface area (Å²) in [6, 6.07) is 7.04. The van der Waals surface area contributed by atoms with Gasteiger partial charge in [-0.15, -0.1) is 0 Å². The minimum atomic E-state index is -3.60. The van der Waals surface area contributed by atoms with Crippen molar-refractivity contribution in [1.82, 2.24) is 9.62 Å². The Morgan fingerprint density at radius 2 is 1.77 bits per heavy atom. The van der Waals surface area contributed by atoms with Crippen LogP contribution in [-0.2, 0) is 24.3 Å². The molecule has 3 amide bonds. The number of esters is 1. The molecule has 1 aromatic carbocycles. The number of urea groups is 1. The van der Waals surface area contributed by atoms with Gasteiger partial charge in [-0.2, -0.15) is 4.31 Å². The second-order valence-corrected chi connectivity index (χ2v) is 7.86. The van der Waals surface area contributed by atoms with Gasteiger partial charge in [-0.1, -0.05) is 18.2 Å². The number of amides is 3. The Kier molecular flexibility index (Phi) is 6.32. The van der Waals surface area contributed by atoms with Crippen LogP contribution in [0.5, 0.6) is 0 Å². The summed E-state index contributed by atoms with van der Waals surface area (Å²) in [7, 11) is -3.60. The number of piperidine rings is 1. The topological polar surface area (TPSA) is 136 Å². The highest BCUT2D eigenvalue weighted by Gasteiger charge is 2.33. The van der Waals surface area contributed by atoms with E-state index in [2.05, 4.69) is 0 Å². The van der Waals surface area contributed by atoms with Gasteiger partial charge < -0.3 is 10.5 Å². The number of hydrogen-bond acceptors (Lipinski definition) is 6. The van der Waals surface area contributed by atoms with Crippen molar-refractivity contribution in [1.29, 1.82) is 0 Å². The van der Waals surface area contributed by atoms with Gasteiger partial charge in [0, 0.05) is 13.1 Å². The molecule has 1 heterocycles. The molecule has 1 aromatic rings. The third-order valence-electron chi connectivity index (χ3n) is 4.08. The quantitative estimate of drug-likeness (QED) is 0.698. The lowest BCUT2D eigenvalue weighted by molar-refractivity contribution is -0.159. The lowest BCUT2D eigenvalue weighted by Gasteiger charge is -2.30. The molecule has 1 atom stereocenters. The van der Waals surface area contributed by atoms with E-state index in [4.69, 9.17) is 10.5 Å². The lowest BCUT2D eigenvalue weighted by Crippen LogP contribution is -2.44. The Hall–Kier alpha value is -2.46. The number of nitrogens with one attached hydrogen (secondary N) is 1. The SMILES string of the molecule is CC(OC(=O)C1CCN(S(=O)(=O)c2ccccc2)CC1)C(=O)NC(N)=O. The predicted octanol–water partition coefficient (Wildman–Crippen LogP) is 0.214. The van der Waals surface area contributed by atoms with Gasteiger partial charge in [0.2, 0.25) is 10.0 Å². The molecule has 1 unspecified atom stereocenters. The molecule has 0 radical (unpaired) electrons. The summed E-state index contributed by atoms with van der Waals surface area (Å²) in [5.74, 6) is -1.93. The van der Waals surface area contributed by atoms with Crippen LogP contribution in [0, 0.1) is 5.92 Å². The van der Waals surface area contributed by atoms with Crippen LogP contribution in [0.3, 0.4) is 0 Å². The van der Waals surface area contributed by atoms with Crippen molar-refractivity contribution < 1.29 is 27.5 Å². The third-order valence-corrected chi connectivity index (χ3v) is 5.99. The average Bonchev–Trinajstić information content (AvgIpc) is 2.62. The molecule has 0 aliphatic carbocycles. The fourth-order valence-electron chi connectivity index (χ4n) is 2.62. The molecule has 3 N–H and O–H groups in total.